The molecule has 7 rings (SSSR count). The molecule has 52 heavy (non-hydrogen) atoms. The molecule has 5 aromatic rings. The summed E-state index contributed by atoms with van der Waals surface area (Å²) in [6.07, 6.45) is 6.94. The summed E-state index contributed by atoms with van der Waals surface area (Å²) in [7, 11) is 3.30. The predicted molar refractivity (Wildman–Crippen MR) is 191 cm³/mol. The van der Waals surface area contributed by atoms with Gasteiger partial charge in [-0.2, -0.15) is 0 Å². The van der Waals surface area contributed by atoms with Crippen molar-refractivity contribution in [2.75, 3.05) is 52.4 Å². The maximum atomic E-state index is 15.5. The van der Waals surface area contributed by atoms with Crippen molar-refractivity contribution in [3.63, 3.8) is 0 Å². The van der Waals surface area contributed by atoms with Crippen molar-refractivity contribution in [3.05, 3.63) is 106 Å². The van der Waals surface area contributed by atoms with Gasteiger partial charge in [-0.1, -0.05) is 0 Å². The molecule has 1 fully saturated rings. The number of ether oxygens (including phenoxy) is 5. The zero-order chi connectivity index (χ0) is 36.2. The topological polar surface area (TPSA) is 113 Å². The number of piperidine rings is 1. The molecule has 3 aromatic carbocycles. The second-order valence-electron chi connectivity index (χ2n) is 12.6. The summed E-state index contributed by atoms with van der Waals surface area (Å²) in [5.41, 5.74) is 0.815. The molecular weight excluding hydrogens is 674 g/mol. The minimum atomic E-state index is -0.774. The van der Waals surface area contributed by atoms with E-state index >= 15 is 4.39 Å². The second-order valence-corrected chi connectivity index (χ2v) is 12.6. The summed E-state index contributed by atoms with van der Waals surface area (Å²) in [5.74, 6) is -0.548. The molecule has 0 saturated carbocycles. The van der Waals surface area contributed by atoms with Gasteiger partial charge in [-0.15, -0.1) is 0 Å². The molecule has 1 saturated heterocycles. The van der Waals surface area contributed by atoms with Crippen LogP contribution in [-0.2, 0) is 11.2 Å². The Balaban J connectivity index is 1.05. The molecule has 1 atom stereocenters. The molecule has 2 aliphatic rings. The number of nitrogens with zero attached hydrogens (tertiary/aromatic N) is 3. The van der Waals surface area contributed by atoms with Gasteiger partial charge in [0.15, 0.2) is 23.1 Å². The summed E-state index contributed by atoms with van der Waals surface area (Å²) in [6, 6.07) is 14.4. The number of hydrogen-bond acceptors (Lipinski definition) is 9. The highest BCUT2D eigenvalue weighted by atomic mass is 19.1. The minimum absolute atomic E-state index is 0.0965. The number of rotatable bonds is 12. The van der Waals surface area contributed by atoms with E-state index in [4.69, 9.17) is 23.7 Å². The third kappa shape index (κ3) is 7.41. The minimum Gasteiger partial charge on any atom is -0.493 e. The maximum absolute atomic E-state index is 15.5. The number of amides is 1. The van der Waals surface area contributed by atoms with Gasteiger partial charge in [0, 0.05) is 73.5 Å². The number of pyridine rings is 2. The largest absolute Gasteiger partial charge is 0.493 e. The highest BCUT2D eigenvalue weighted by Crippen LogP contribution is 2.38. The molecule has 0 spiro atoms. The van der Waals surface area contributed by atoms with Crippen molar-refractivity contribution >= 4 is 22.5 Å². The van der Waals surface area contributed by atoms with Crippen molar-refractivity contribution in [1.29, 1.82) is 0 Å². The highest BCUT2D eigenvalue weighted by molar-refractivity contribution is 6.06. The van der Waals surface area contributed by atoms with E-state index in [1.807, 2.05) is 0 Å². The summed E-state index contributed by atoms with van der Waals surface area (Å²) >= 11 is 0. The van der Waals surface area contributed by atoms with Gasteiger partial charge in [0.25, 0.3) is 11.5 Å². The number of fused-ring (bicyclic) bond motifs is 2. The van der Waals surface area contributed by atoms with Crippen LogP contribution in [0.15, 0.2) is 77.9 Å². The molecule has 4 heterocycles. The Hall–Kier alpha value is -5.53. The number of hydrogen-bond donors (Lipinski definition) is 1. The number of nitrogens with one attached hydrogen (secondary N) is 1. The Labute approximate surface area is 298 Å². The lowest BCUT2D eigenvalue weighted by atomic mass is 10.1. The average Bonchev–Trinajstić information content (AvgIpc) is 3.62. The molecule has 270 valence electrons. The van der Waals surface area contributed by atoms with Crippen LogP contribution in [-0.4, -0.2) is 73.5 Å². The number of methoxy groups -OCH3 is 2. The Morgan fingerprint density at radius 3 is 2.65 bits per heavy atom. The van der Waals surface area contributed by atoms with Crippen LogP contribution in [0.2, 0.25) is 0 Å². The predicted octanol–water partition coefficient (Wildman–Crippen LogP) is 6.53. The van der Waals surface area contributed by atoms with Crippen molar-refractivity contribution in [3.8, 4) is 34.4 Å². The Morgan fingerprint density at radius 1 is 1.02 bits per heavy atom. The van der Waals surface area contributed by atoms with E-state index in [0.717, 1.165) is 45.0 Å². The van der Waals surface area contributed by atoms with Crippen molar-refractivity contribution in [2.24, 2.45) is 0 Å². The fraction of sp³-hybridized carbons (Fsp3) is 0.308. The van der Waals surface area contributed by atoms with Crippen molar-refractivity contribution in [1.82, 2.24) is 14.5 Å². The molecule has 1 N–H and O–H groups in total. The number of likely N-dealkylation sites (tertiary alicyclic amines) is 1. The molecule has 0 bridgehead atoms. The fourth-order valence-electron chi connectivity index (χ4n) is 6.59. The van der Waals surface area contributed by atoms with Gasteiger partial charge in [0.1, 0.15) is 22.9 Å². The smallest absolute Gasteiger partial charge is 0.271 e. The number of carbonyl (C=O) groups excluding carboxylic acids is 1. The van der Waals surface area contributed by atoms with Crippen LogP contribution >= 0.6 is 0 Å². The molecule has 0 radical (unpaired) electrons. The van der Waals surface area contributed by atoms with E-state index < -0.39 is 23.1 Å². The zero-order valence-electron chi connectivity index (χ0n) is 28.8. The van der Waals surface area contributed by atoms with Gasteiger partial charge in [-0.25, -0.2) is 8.78 Å². The monoisotopic (exact) mass is 712 g/mol. The van der Waals surface area contributed by atoms with Crippen LogP contribution < -0.4 is 29.8 Å². The molecule has 0 aliphatic carbocycles. The molecule has 11 nitrogen and oxygen atoms in total. The third-order valence-electron chi connectivity index (χ3n) is 9.25. The lowest BCUT2D eigenvalue weighted by molar-refractivity contribution is 0.0298. The maximum Gasteiger partial charge on any atom is 0.271 e. The van der Waals surface area contributed by atoms with E-state index in [1.165, 1.54) is 41.0 Å². The molecule has 13 heteroatoms. The summed E-state index contributed by atoms with van der Waals surface area (Å²) < 4.78 is 59.2. The van der Waals surface area contributed by atoms with Gasteiger partial charge >= 0.3 is 0 Å². The summed E-state index contributed by atoms with van der Waals surface area (Å²) in [4.78, 5) is 33.8. The lowest BCUT2D eigenvalue weighted by Gasteiger charge is -2.31. The van der Waals surface area contributed by atoms with Crippen LogP contribution in [0.4, 0.5) is 14.5 Å². The number of halogens is 2. The van der Waals surface area contributed by atoms with Gasteiger partial charge in [-0.05, 0) is 74.3 Å². The Kier molecular flexibility index (Phi) is 10.3. The SMILES string of the molecule is COc1cc2c(Oc3ccc(NC(=O)c4c5c(cn(-c6ccc(F)cc6)c4=O)CCO5)cc3F)ccnc2cc1OCCCN1CCCC(OC)C1. The lowest BCUT2D eigenvalue weighted by Crippen LogP contribution is -2.40. The first kappa shape index (κ1) is 34.9. The van der Waals surface area contributed by atoms with Gasteiger partial charge < -0.3 is 33.9 Å². The number of aromatic nitrogens is 2. The van der Waals surface area contributed by atoms with E-state index in [9.17, 15) is 14.0 Å². The zero-order valence-corrected chi connectivity index (χ0v) is 28.8. The highest BCUT2D eigenvalue weighted by Gasteiger charge is 2.27. The van der Waals surface area contributed by atoms with Crippen molar-refractivity contribution in [2.45, 2.75) is 31.8 Å². The fourth-order valence-corrected chi connectivity index (χ4v) is 6.59. The van der Waals surface area contributed by atoms with E-state index in [1.54, 1.807) is 44.8 Å². The van der Waals surface area contributed by atoms with E-state index in [2.05, 4.69) is 15.2 Å². The molecular formula is C39H38F2N4O7. The first-order valence-corrected chi connectivity index (χ1v) is 17.1. The van der Waals surface area contributed by atoms with Crippen molar-refractivity contribution < 1.29 is 37.3 Å². The Bertz CT molecular complexity index is 2160. The van der Waals surface area contributed by atoms with E-state index in [-0.39, 0.29) is 28.9 Å². The Morgan fingerprint density at radius 2 is 1.87 bits per heavy atom. The molecule has 2 aromatic heterocycles. The van der Waals surface area contributed by atoms with E-state index in [0.29, 0.717) is 59.0 Å². The molecule has 2 aliphatic heterocycles. The van der Waals surface area contributed by atoms with Crippen LogP contribution in [0.25, 0.3) is 16.6 Å². The second kappa shape index (κ2) is 15.4. The normalized spacial score (nSPS) is 15.6. The molecule has 1 amide bonds. The number of anilines is 1. The van der Waals surface area contributed by atoms with Gasteiger partial charge in [0.2, 0.25) is 0 Å². The van der Waals surface area contributed by atoms with Crippen LogP contribution in [0.5, 0.6) is 28.7 Å². The first-order chi connectivity index (χ1) is 25.3. The number of carbonyl (C=O) groups is 1. The van der Waals surface area contributed by atoms with Crippen LogP contribution in [0.3, 0.4) is 0 Å². The first-order valence-electron chi connectivity index (χ1n) is 17.1. The summed E-state index contributed by atoms with van der Waals surface area (Å²) in [6.45, 7) is 3.66. The number of benzene rings is 3. The quantitative estimate of drug-likeness (QED) is 0.144. The van der Waals surface area contributed by atoms with Gasteiger partial charge in [0.05, 0.1) is 31.9 Å². The van der Waals surface area contributed by atoms with Crippen LogP contribution in [0, 0.1) is 11.6 Å². The summed E-state index contributed by atoms with van der Waals surface area (Å²) in [5, 5.41) is 3.19. The standard InChI is InChI=1S/C39H38F2N4O7/c1-48-28-5-3-15-44(23-28)16-4-17-50-35-21-31-29(20-34(35)49-2)32(12-14-42-31)52-33-11-8-26(19-30(33)41)43-38(46)36-37-24(13-18-51-37)22-45(39(36)47)27-9-6-25(40)7-10-27/h6-12,14,19-22,28H,3-5,13,15-18,23H2,1-2H3,(H,43,46). The third-order valence-corrected chi connectivity index (χ3v) is 9.25. The van der Waals surface area contributed by atoms with Crippen LogP contribution in [0.1, 0.15) is 35.2 Å². The average molecular weight is 713 g/mol. The van der Waals surface area contributed by atoms with Gasteiger partial charge in [-0.3, -0.25) is 19.1 Å². The molecule has 1 unspecified atom stereocenters.